The molecule has 0 aliphatic heterocycles. The number of nitrogens with one attached hydrogen (secondary N) is 1. The summed E-state index contributed by atoms with van der Waals surface area (Å²) in [5.41, 5.74) is 5.59. The van der Waals surface area contributed by atoms with Crippen LogP contribution in [0.5, 0.6) is 0 Å². The molecule has 3 nitrogen and oxygen atoms in total. The summed E-state index contributed by atoms with van der Waals surface area (Å²) in [5, 5.41) is 2.95. The van der Waals surface area contributed by atoms with Gasteiger partial charge in [0.05, 0.1) is 4.99 Å². The minimum atomic E-state index is 0.0909. The number of thiocarbonyl (C=S) groups is 1. The molecule has 1 saturated carbocycles. The summed E-state index contributed by atoms with van der Waals surface area (Å²) in [6.07, 6.45) is 3.66. The maximum Gasteiger partial charge on any atom is 0.219 e. The van der Waals surface area contributed by atoms with Crippen LogP contribution in [0.4, 0.5) is 0 Å². The van der Waals surface area contributed by atoms with Crippen LogP contribution in [-0.4, -0.2) is 16.9 Å². The second kappa shape index (κ2) is 4.56. The van der Waals surface area contributed by atoms with Gasteiger partial charge in [0, 0.05) is 18.4 Å². The molecule has 1 amide bonds. The maximum atomic E-state index is 11.1. The van der Waals surface area contributed by atoms with E-state index in [0.717, 1.165) is 19.3 Å². The highest BCUT2D eigenvalue weighted by molar-refractivity contribution is 7.80. The number of hydrogen-bond donors (Lipinski definition) is 2. The highest BCUT2D eigenvalue weighted by Gasteiger charge is 2.29. The van der Waals surface area contributed by atoms with Crippen molar-refractivity contribution in [3.63, 3.8) is 0 Å². The van der Waals surface area contributed by atoms with E-state index in [4.69, 9.17) is 18.0 Å². The standard InChI is InChI=1S/C9H16N2OS/c1-2-8(12)11-7-5-3-4-6(7)9(10)13/h6-7H,2-5H2,1H3,(H2,10,13)(H,11,12). The Morgan fingerprint density at radius 1 is 1.62 bits per heavy atom. The van der Waals surface area contributed by atoms with Gasteiger partial charge in [0.1, 0.15) is 0 Å². The molecule has 0 aromatic carbocycles. The van der Waals surface area contributed by atoms with E-state index in [0.29, 0.717) is 11.4 Å². The molecular formula is C9H16N2OS. The van der Waals surface area contributed by atoms with Crippen LogP contribution < -0.4 is 11.1 Å². The van der Waals surface area contributed by atoms with Crippen LogP contribution in [0, 0.1) is 5.92 Å². The van der Waals surface area contributed by atoms with E-state index < -0.39 is 0 Å². The van der Waals surface area contributed by atoms with Gasteiger partial charge in [-0.05, 0) is 12.8 Å². The zero-order valence-corrected chi connectivity index (χ0v) is 8.69. The number of hydrogen-bond acceptors (Lipinski definition) is 2. The first-order valence-electron chi connectivity index (χ1n) is 4.73. The van der Waals surface area contributed by atoms with Crippen LogP contribution in [0.3, 0.4) is 0 Å². The molecule has 1 aliphatic carbocycles. The van der Waals surface area contributed by atoms with E-state index in [1.165, 1.54) is 0 Å². The molecule has 1 rings (SSSR count). The third-order valence-electron chi connectivity index (χ3n) is 2.55. The Labute approximate surface area is 84.1 Å². The Balaban J connectivity index is 2.48. The lowest BCUT2D eigenvalue weighted by Gasteiger charge is -2.19. The van der Waals surface area contributed by atoms with Gasteiger partial charge in [-0.25, -0.2) is 0 Å². The third-order valence-corrected chi connectivity index (χ3v) is 2.85. The molecule has 0 bridgehead atoms. The van der Waals surface area contributed by atoms with E-state index in [1.807, 2.05) is 6.92 Å². The average molecular weight is 200 g/mol. The van der Waals surface area contributed by atoms with E-state index >= 15 is 0 Å². The zero-order chi connectivity index (χ0) is 9.84. The van der Waals surface area contributed by atoms with Crippen molar-refractivity contribution in [3.05, 3.63) is 0 Å². The first-order chi connectivity index (χ1) is 6.15. The smallest absolute Gasteiger partial charge is 0.219 e. The Hall–Kier alpha value is -0.640. The number of nitrogens with two attached hydrogens (primary N) is 1. The quantitative estimate of drug-likeness (QED) is 0.667. The molecule has 0 aromatic rings. The van der Waals surface area contributed by atoms with Gasteiger partial charge in [-0.2, -0.15) is 0 Å². The van der Waals surface area contributed by atoms with Gasteiger partial charge in [-0.15, -0.1) is 0 Å². The minimum Gasteiger partial charge on any atom is -0.393 e. The topological polar surface area (TPSA) is 55.1 Å². The Bertz CT molecular complexity index is 218. The van der Waals surface area contributed by atoms with Crippen LogP contribution in [0.15, 0.2) is 0 Å². The number of amides is 1. The van der Waals surface area contributed by atoms with Crippen LogP contribution in [-0.2, 0) is 4.79 Å². The molecule has 1 fully saturated rings. The molecule has 4 heteroatoms. The largest absolute Gasteiger partial charge is 0.393 e. The Morgan fingerprint density at radius 2 is 2.31 bits per heavy atom. The fourth-order valence-corrected chi connectivity index (χ4v) is 2.06. The van der Waals surface area contributed by atoms with Crippen molar-refractivity contribution in [3.8, 4) is 0 Å². The van der Waals surface area contributed by atoms with Gasteiger partial charge in [-0.1, -0.05) is 25.6 Å². The third kappa shape index (κ3) is 2.66. The van der Waals surface area contributed by atoms with Crippen molar-refractivity contribution in [2.75, 3.05) is 0 Å². The Kier molecular flexibility index (Phi) is 3.66. The van der Waals surface area contributed by atoms with Crippen LogP contribution in [0.2, 0.25) is 0 Å². The normalized spacial score (nSPS) is 27.2. The van der Waals surface area contributed by atoms with Gasteiger partial charge in [0.2, 0.25) is 5.91 Å². The molecule has 74 valence electrons. The van der Waals surface area contributed by atoms with Gasteiger partial charge >= 0.3 is 0 Å². The monoisotopic (exact) mass is 200 g/mol. The SMILES string of the molecule is CCC(=O)NC1CCCC1C(N)=S. The highest BCUT2D eigenvalue weighted by atomic mass is 32.1. The van der Waals surface area contributed by atoms with Crippen molar-refractivity contribution in [2.45, 2.75) is 38.6 Å². The predicted octanol–water partition coefficient (Wildman–Crippen LogP) is 0.967. The van der Waals surface area contributed by atoms with E-state index in [1.54, 1.807) is 0 Å². The number of carbonyl (C=O) groups excluding carboxylic acids is 1. The zero-order valence-electron chi connectivity index (χ0n) is 7.88. The lowest BCUT2D eigenvalue weighted by atomic mass is 10.0. The summed E-state index contributed by atoms with van der Waals surface area (Å²) in [5.74, 6) is 0.304. The maximum absolute atomic E-state index is 11.1. The van der Waals surface area contributed by atoms with E-state index in [-0.39, 0.29) is 17.9 Å². The molecule has 2 atom stereocenters. The molecule has 0 saturated heterocycles. The average Bonchev–Trinajstić information content (AvgIpc) is 2.52. The van der Waals surface area contributed by atoms with Gasteiger partial charge in [0.15, 0.2) is 0 Å². The second-order valence-corrected chi connectivity index (χ2v) is 3.94. The van der Waals surface area contributed by atoms with E-state index in [9.17, 15) is 4.79 Å². The molecule has 0 aromatic heterocycles. The molecule has 3 N–H and O–H groups in total. The fourth-order valence-electron chi connectivity index (χ4n) is 1.78. The lowest BCUT2D eigenvalue weighted by molar-refractivity contribution is -0.121. The van der Waals surface area contributed by atoms with Crippen molar-refractivity contribution in [1.82, 2.24) is 5.32 Å². The van der Waals surface area contributed by atoms with Gasteiger partial charge in [-0.3, -0.25) is 4.79 Å². The minimum absolute atomic E-state index is 0.0909. The van der Waals surface area contributed by atoms with Gasteiger partial charge < -0.3 is 11.1 Å². The molecule has 1 aliphatic rings. The van der Waals surface area contributed by atoms with Crippen LogP contribution in [0.25, 0.3) is 0 Å². The predicted molar refractivity (Wildman–Crippen MR) is 56.3 cm³/mol. The van der Waals surface area contributed by atoms with Gasteiger partial charge in [0.25, 0.3) is 0 Å². The number of carbonyl (C=O) groups is 1. The molecule has 0 radical (unpaired) electrons. The molecule has 0 spiro atoms. The molecular weight excluding hydrogens is 184 g/mol. The summed E-state index contributed by atoms with van der Waals surface area (Å²) in [7, 11) is 0. The van der Waals surface area contributed by atoms with Crippen molar-refractivity contribution in [1.29, 1.82) is 0 Å². The summed E-state index contributed by atoms with van der Waals surface area (Å²) in [6, 6.07) is 0.185. The first-order valence-corrected chi connectivity index (χ1v) is 5.14. The summed E-state index contributed by atoms with van der Waals surface area (Å²) in [4.78, 5) is 11.7. The lowest BCUT2D eigenvalue weighted by Crippen LogP contribution is -2.41. The van der Waals surface area contributed by atoms with Crippen LogP contribution in [0.1, 0.15) is 32.6 Å². The van der Waals surface area contributed by atoms with E-state index in [2.05, 4.69) is 5.32 Å². The summed E-state index contributed by atoms with van der Waals surface area (Å²) < 4.78 is 0. The molecule has 0 heterocycles. The molecule has 13 heavy (non-hydrogen) atoms. The fraction of sp³-hybridized carbons (Fsp3) is 0.778. The Morgan fingerprint density at radius 3 is 2.85 bits per heavy atom. The summed E-state index contributed by atoms with van der Waals surface area (Å²) >= 11 is 4.95. The molecule has 2 unspecified atom stereocenters. The highest BCUT2D eigenvalue weighted by Crippen LogP contribution is 2.25. The summed E-state index contributed by atoms with van der Waals surface area (Å²) in [6.45, 7) is 1.85. The first kappa shape index (κ1) is 10.4. The van der Waals surface area contributed by atoms with Crippen molar-refractivity contribution >= 4 is 23.1 Å². The van der Waals surface area contributed by atoms with Crippen molar-refractivity contribution < 1.29 is 4.79 Å². The van der Waals surface area contributed by atoms with Crippen LogP contribution >= 0.6 is 12.2 Å². The second-order valence-electron chi connectivity index (χ2n) is 3.47. The van der Waals surface area contributed by atoms with Crippen molar-refractivity contribution in [2.24, 2.45) is 11.7 Å². The number of rotatable bonds is 3.